The zero-order valence-electron chi connectivity index (χ0n) is 12.3. The number of nitrogens with zero attached hydrogens (tertiary/aromatic N) is 3. The third-order valence-corrected chi connectivity index (χ3v) is 2.74. The van der Waals surface area contributed by atoms with E-state index in [2.05, 4.69) is 53.9 Å². The first-order valence-electron chi connectivity index (χ1n) is 6.89. The van der Waals surface area contributed by atoms with Crippen molar-refractivity contribution in [1.82, 2.24) is 15.3 Å². The predicted molar refractivity (Wildman–Crippen MR) is 76.9 cm³/mol. The summed E-state index contributed by atoms with van der Waals surface area (Å²) in [4.78, 5) is 11.4. The maximum absolute atomic E-state index is 4.65. The van der Waals surface area contributed by atoms with Crippen LogP contribution in [0.2, 0.25) is 0 Å². The lowest BCUT2D eigenvalue weighted by molar-refractivity contribution is 0.579. The molecule has 102 valence electrons. The minimum atomic E-state index is 0.474. The normalized spacial score (nSPS) is 11.0. The molecule has 0 aliphatic carbocycles. The molecule has 18 heavy (non-hydrogen) atoms. The molecule has 0 amide bonds. The Bertz CT molecular complexity index is 363. The second-order valence-corrected chi connectivity index (χ2v) is 4.92. The van der Waals surface area contributed by atoms with Gasteiger partial charge in [0.1, 0.15) is 0 Å². The molecule has 0 bridgehead atoms. The molecule has 0 aromatic carbocycles. The average Bonchev–Trinajstić information content (AvgIpc) is 2.32. The van der Waals surface area contributed by atoms with E-state index in [-0.39, 0.29) is 0 Å². The molecule has 1 rings (SSSR count). The first kappa shape index (κ1) is 14.9. The smallest absolute Gasteiger partial charge is 0.225 e. The molecule has 1 aromatic heterocycles. The monoisotopic (exact) mass is 250 g/mol. The van der Waals surface area contributed by atoms with Crippen LogP contribution in [0.1, 0.15) is 45.5 Å². The number of rotatable bonds is 7. The lowest BCUT2D eigenvalue weighted by atomic mass is 10.3. The second kappa shape index (κ2) is 7.31. The minimum Gasteiger partial charge on any atom is -0.341 e. The van der Waals surface area contributed by atoms with Gasteiger partial charge < -0.3 is 10.2 Å². The van der Waals surface area contributed by atoms with E-state index in [0.29, 0.717) is 6.04 Å². The SMILES string of the molecule is CCCN(CC)c1nc(C)cc(CNC(C)C)n1. The van der Waals surface area contributed by atoms with E-state index in [1.54, 1.807) is 0 Å². The predicted octanol–water partition coefficient (Wildman–Crippen LogP) is 2.52. The van der Waals surface area contributed by atoms with Gasteiger partial charge in [0.15, 0.2) is 0 Å². The van der Waals surface area contributed by atoms with E-state index in [1.807, 2.05) is 6.92 Å². The Morgan fingerprint density at radius 3 is 2.56 bits per heavy atom. The van der Waals surface area contributed by atoms with Crippen LogP contribution in [0.25, 0.3) is 0 Å². The van der Waals surface area contributed by atoms with Crippen LogP contribution >= 0.6 is 0 Å². The molecular formula is C14H26N4. The molecule has 0 saturated heterocycles. The quantitative estimate of drug-likeness (QED) is 0.807. The lowest BCUT2D eigenvalue weighted by Crippen LogP contribution is -2.27. The topological polar surface area (TPSA) is 41.1 Å². The minimum absolute atomic E-state index is 0.474. The molecule has 1 N–H and O–H groups in total. The summed E-state index contributed by atoms with van der Waals surface area (Å²) in [6, 6.07) is 2.53. The van der Waals surface area contributed by atoms with Gasteiger partial charge in [0.05, 0.1) is 5.69 Å². The van der Waals surface area contributed by atoms with Gasteiger partial charge in [-0.3, -0.25) is 0 Å². The van der Waals surface area contributed by atoms with Gasteiger partial charge in [-0.1, -0.05) is 20.8 Å². The molecule has 0 fully saturated rings. The summed E-state index contributed by atoms with van der Waals surface area (Å²) in [5.74, 6) is 0.861. The fourth-order valence-electron chi connectivity index (χ4n) is 1.83. The van der Waals surface area contributed by atoms with Crippen LogP contribution in [-0.2, 0) is 6.54 Å². The van der Waals surface area contributed by atoms with Crippen molar-refractivity contribution in [3.8, 4) is 0 Å². The van der Waals surface area contributed by atoms with Gasteiger partial charge >= 0.3 is 0 Å². The van der Waals surface area contributed by atoms with Gasteiger partial charge in [0, 0.05) is 31.4 Å². The van der Waals surface area contributed by atoms with Gasteiger partial charge in [0.2, 0.25) is 5.95 Å². The molecule has 4 nitrogen and oxygen atoms in total. The second-order valence-electron chi connectivity index (χ2n) is 4.92. The molecule has 0 saturated carbocycles. The summed E-state index contributed by atoms with van der Waals surface area (Å²) >= 11 is 0. The van der Waals surface area contributed by atoms with Gasteiger partial charge in [-0.25, -0.2) is 9.97 Å². The van der Waals surface area contributed by atoms with E-state index in [4.69, 9.17) is 0 Å². The Labute approximate surface area is 111 Å². The van der Waals surface area contributed by atoms with Crippen LogP contribution in [0.3, 0.4) is 0 Å². The van der Waals surface area contributed by atoms with E-state index in [9.17, 15) is 0 Å². The zero-order chi connectivity index (χ0) is 13.5. The molecule has 0 atom stereocenters. The highest BCUT2D eigenvalue weighted by Gasteiger charge is 2.09. The average molecular weight is 250 g/mol. The van der Waals surface area contributed by atoms with Gasteiger partial charge in [0.25, 0.3) is 0 Å². The van der Waals surface area contributed by atoms with Crippen molar-refractivity contribution in [3.63, 3.8) is 0 Å². The van der Waals surface area contributed by atoms with Gasteiger partial charge in [-0.15, -0.1) is 0 Å². The zero-order valence-corrected chi connectivity index (χ0v) is 12.3. The highest BCUT2D eigenvalue weighted by molar-refractivity contribution is 5.32. The van der Waals surface area contributed by atoms with Crippen molar-refractivity contribution in [3.05, 3.63) is 17.5 Å². The number of hydrogen-bond donors (Lipinski definition) is 1. The van der Waals surface area contributed by atoms with Crippen LogP contribution < -0.4 is 10.2 Å². The van der Waals surface area contributed by atoms with Gasteiger partial charge in [-0.2, -0.15) is 0 Å². The fourth-order valence-corrected chi connectivity index (χ4v) is 1.83. The van der Waals surface area contributed by atoms with Crippen LogP contribution in [0.4, 0.5) is 5.95 Å². The van der Waals surface area contributed by atoms with Crippen molar-refractivity contribution in [2.75, 3.05) is 18.0 Å². The fraction of sp³-hybridized carbons (Fsp3) is 0.714. The summed E-state index contributed by atoms with van der Waals surface area (Å²) in [6.45, 7) is 13.4. The Hall–Kier alpha value is -1.16. The molecular weight excluding hydrogens is 224 g/mol. The molecule has 0 aliphatic heterocycles. The molecule has 1 aromatic rings. The largest absolute Gasteiger partial charge is 0.341 e. The summed E-state index contributed by atoms with van der Waals surface area (Å²) in [6.07, 6.45) is 1.12. The van der Waals surface area contributed by atoms with Crippen LogP contribution in [-0.4, -0.2) is 29.1 Å². The van der Waals surface area contributed by atoms with Crippen LogP contribution in [0.15, 0.2) is 6.07 Å². The highest BCUT2D eigenvalue weighted by atomic mass is 15.2. The Morgan fingerprint density at radius 2 is 2.00 bits per heavy atom. The van der Waals surface area contributed by atoms with Crippen molar-refractivity contribution in [2.24, 2.45) is 0 Å². The summed E-state index contributed by atoms with van der Waals surface area (Å²) in [5.41, 5.74) is 2.11. The maximum atomic E-state index is 4.65. The number of aromatic nitrogens is 2. The highest BCUT2D eigenvalue weighted by Crippen LogP contribution is 2.11. The Morgan fingerprint density at radius 1 is 1.28 bits per heavy atom. The van der Waals surface area contributed by atoms with Crippen LogP contribution in [0.5, 0.6) is 0 Å². The first-order valence-corrected chi connectivity index (χ1v) is 6.89. The molecule has 0 spiro atoms. The Balaban J connectivity index is 2.85. The van der Waals surface area contributed by atoms with E-state index in [1.165, 1.54) is 0 Å². The van der Waals surface area contributed by atoms with Gasteiger partial charge in [-0.05, 0) is 26.3 Å². The summed E-state index contributed by atoms with van der Waals surface area (Å²) in [7, 11) is 0. The number of nitrogens with one attached hydrogen (secondary N) is 1. The molecule has 0 aliphatic rings. The first-order chi connectivity index (χ1) is 8.56. The third-order valence-electron chi connectivity index (χ3n) is 2.74. The summed E-state index contributed by atoms with van der Waals surface area (Å²) in [5, 5.41) is 3.40. The molecule has 0 radical (unpaired) electrons. The van der Waals surface area contributed by atoms with Crippen molar-refractivity contribution in [2.45, 2.75) is 53.6 Å². The summed E-state index contributed by atoms with van der Waals surface area (Å²) < 4.78 is 0. The lowest BCUT2D eigenvalue weighted by Gasteiger charge is -2.21. The van der Waals surface area contributed by atoms with Crippen LogP contribution in [0, 0.1) is 6.92 Å². The third kappa shape index (κ3) is 4.61. The number of anilines is 1. The molecule has 1 heterocycles. The van der Waals surface area contributed by atoms with Crippen molar-refractivity contribution >= 4 is 5.95 Å². The van der Waals surface area contributed by atoms with E-state index in [0.717, 1.165) is 43.4 Å². The van der Waals surface area contributed by atoms with E-state index < -0.39 is 0 Å². The maximum Gasteiger partial charge on any atom is 0.225 e. The number of hydrogen-bond acceptors (Lipinski definition) is 4. The molecule has 4 heteroatoms. The molecule has 0 unspecified atom stereocenters. The Kier molecular flexibility index (Phi) is 6.05. The standard InChI is InChI=1S/C14H26N4/c1-6-8-18(7-2)14-16-12(5)9-13(17-14)10-15-11(3)4/h9,11,15H,6-8,10H2,1-5H3. The van der Waals surface area contributed by atoms with E-state index >= 15 is 0 Å². The van der Waals surface area contributed by atoms with Crippen molar-refractivity contribution in [1.29, 1.82) is 0 Å². The van der Waals surface area contributed by atoms with Crippen molar-refractivity contribution < 1.29 is 0 Å². The number of aryl methyl sites for hydroxylation is 1.